The van der Waals surface area contributed by atoms with E-state index in [2.05, 4.69) is 10.2 Å². The molecule has 2 fully saturated rings. The van der Waals surface area contributed by atoms with Gasteiger partial charge in [-0.25, -0.2) is 0 Å². The molecule has 3 N–H and O–H groups in total. The summed E-state index contributed by atoms with van der Waals surface area (Å²) in [7, 11) is 0. The summed E-state index contributed by atoms with van der Waals surface area (Å²) in [6.07, 6.45) is 0.421. The van der Waals surface area contributed by atoms with E-state index < -0.39 is 0 Å². The van der Waals surface area contributed by atoms with Gasteiger partial charge in [-0.3, -0.25) is 14.5 Å². The molecule has 0 unspecified atom stereocenters. The third kappa shape index (κ3) is 3.22. The Morgan fingerprint density at radius 1 is 1.24 bits per heavy atom. The zero-order chi connectivity index (χ0) is 14.8. The largest absolute Gasteiger partial charge is 0.354 e. The summed E-state index contributed by atoms with van der Waals surface area (Å²) in [6.45, 7) is 3.36. The molecular weight excluding hydrogens is 268 g/mol. The maximum atomic E-state index is 11.8. The number of benzene rings is 1. The fraction of sp³-hybridized carbons (Fsp3) is 0.467. The summed E-state index contributed by atoms with van der Waals surface area (Å²) in [5.41, 5.74) is 7.85. The van der Waals surface area contributed by atoms with Gasteiger partial charge < -0.3 is 16.0 Å². The van der Waals surface area contributed by atoms with Crippen molar-refractivity contribution in [2.24, 2.45) is 5.73 Å². The Balaban J connectivity index is 1.64. The number of nitrogens with one attached hydrogen (secondary N) is 1. The molecule has 3 rings (SSSR count). The van der Waals surface area contributed by atoms with E-state index >= 15 is 0 Å². The average molecular weight is 288 g/mol. The van der Waals surface area contributed by atoms with Gasteiger partial charge in [0.05, 0.1) is 6.54 Å². The second-order valence-electron chi connectivity index (χ2n) is 5.70. The lowest BCUT2D eigenvalue weighted by molar-refractivity contribution is -0.124. The van der Waals surface area contributed by atoms with Crippen molar-refractivity contribution in [1.82, 2.24) is 10.2 Å². The van der Waals surface area contributed by atoms with Gasteiger partial charge >= 0.3 is 0 Å². The van der Waals surface area contributed by atoms with Crippen LogP contribution in [0.5, 0.6) is 0 Å². The SMILES string of the molecule is N[C@@H]1CC(=O)N(c2ccc(CN3CCNC(=O)C3)cc2)C1. The fourth-order valence-corrected chi connectivity index (χ4v) is 2.85. The van der Waals surface area contributed by atoms with Crippen LogP contribution in [0.2, 0.25) is 0 Å². The monoisotopic (exact) mass is 288 g/mol. The topological polar surface area (TPSA) is 78.7 Å². The van der Waals surface area contributed by atoms with Gasteiger partial charge in [-0.05, 0) is 17.7 Å². The van der Waals surface area contributed by atoms with Gasteiger partial charge in [-0.2, -0.15) is 0 Å². The Morgan fingerprint density at radius 2 is 2.00 bits per heavy atom. The Morgan fingerprint density at radius 3 is 2.62 bits per heavy atom. The lowest BCUT2D eigenvalue weighted by Crippen LogP contribution is -2.47. The summed E-state index contributed by atoms with van der Waals surface area (Å²) in [5.74, 6) is 0.164. The van der Waals surface area contributed by atoms with Gasteiger partial charge in [-0.15, -0.1) is 0 Å². The van der Waals surface area contributed by atoms with Crippen LogP contribution in [0, 0.1) is 0 Å². The molecule has 1 aromatic rings. The lowest BCUT2D eigenvalue weighted by Gasteiger charge is -2.26. The molecule has 2 aliphatic rings. The molecule has 2 aliphatic heterocycles. The molecule has 2 saturated heterocycles. The number of carbonyl (C=O) groups is 2. The number of anilines is 1. The van der Waals surface area contributed by atoms with Crippen LogP contribution in [0.3, 0.4) is 0 Å². The van der Waals surface area contributed by atoms with E-state index in [4.69, 9.17) is 5.73 Å². The molecule has 2 heterocycles. The molecule has 0 bridgehead atoms. The van der Waals surface area contributed by atoms with Crippen molar-refractivity contribution in [1.29, 1.82) is 0 Å². The van der Waals surface area contributed by atoms with Crippen LogP contribution in [0.1, 0.15) is 12.0 Å². The quantitative estimate of drug-likeness (QED) is 0.799. The van der Waals surface area contributed by atoms with Crippen molar-refractivity contribution in [3.05, 3.63) is 29.8 Å². The highest BCUT2D eigenvalue weighted by atomic mass is 16.2. The Labute approximate surface area is 123 Å². The van der Waals surface area contributed by atoms with Crippen LogP contribution in [-0.2, 0) is 16.1 Å². The third-order valence-electron chi connectivity index (χ3n) is 3.93. The minimum Gasteiger partial charge on any atom is -0.354 e. The number of carbonyl (C=O) groups excluding carboxylic acids is 2. The van der Waals surface area contributed by atoms with Crippen molar-refractivity contribution >= 4 is 17.5 Å². The van der Waals surface area contributed by atoms with E-state index in [0.29, 0.717) is 26.1 Å². The Bertz CT molecular complexity index is 543. The van der Waals surface area contributed by atoms with Gasteiger partial charge in [0.2, 0.25) is 11.8 Å². The van der Waals surface area contributed by atoms with Gasteiger partial charge in [0.1, 0.15) is 0 Å². The number of hydrogen-bond donors (Lipinski definition) is 2. The summed E-state index contributed by atoms with van der Waals surface area (Å²) in [6, 6.07) is 7.87. The Kier molecular flexibility index (Phi) is 3.90. The number of rotatable bonds is 3. The first-order chi connectivity index (χ1) is 10.1. The maximum absolute atomic E-state index is 11.8. The molecule has 6 nitrogen and oxygen atoms in total. The molecule has 0 aromatic heterocycles. The molecular formula is C15H20N4O2. The number of piperazine rings is 1. The first kappa shape index (κ1) is 14.0. The van der Waals surface area contributed by atoms with Crippen LogP contribution < -0.4 is 16.0 Å². The highest BCUT2D eigenvalue weighted by Crippen LogP contribution is 2.21. The van der Waals surface area contributed by atoms with E-state index in [9.17, 15) is 9.59 Å². The summed E-state index contributed by atoms with van der Waals surface area (Å²) < 4.78 is 0. The third-order valence-corrected chi connectivity index (χ3v) is 3.93. The van der Waals surface area contributed by atoms with Crippen LogP contribution in [0.15, 0.2) is 24.3 Å². The second-order valence-corrected chi connectivity index (χ2v) is 5.70. The highest BCUT2D eigenvalue weighted by Gasteiger charge is 2.27. The number of nitrogens with zero attached hydrogens (tertiary/aromatic N) is 2. The molecule has 1 atom stereocenters. The molecule has 6 heteroatoms. The van der Waals surface area contributed by atoms with Gasteiger partial charge in [0, 0.05) is 44.3 Å². The predicted molar refractivity (Wildman–Crippen MR) is 79.7 cm³/mol. The maximum Gasteiger partial charge on any atom is 0.234 e. The molecule has 0 saturated carbocycles. The molecule has 2 amide bonds. The van der Waals surface area contributed by atoms with Crippen LogP contribution in [0.4, 0.5) is 5.69 Å². The van der Waals surface area contributed by atoms with Gasteiger partial charge in [0.15, 0.2) is 0 Å². The van der Waals surface area contributed by atoms with Crippen molar-refractivity contribution in [3.8, 4) is 0 Å². The highest BCUT2D eigenvalue weighted by molar-refractivity contribution is 5.96. The fourth-order valence-electron chi connectivity index (χ4n) is 2.85. The number of amides is 2. The van der Waals surface area contributed by atoms with Crippen molar-refractivity contribution in [3.63, 3.8) is 0 Å². The van der Waals surface area contributed by atoms with E-state index in [1.165, 1.54) is 0 Å². The summed E-state index contributed by atoms with van der Waals surface area (Å²) in [5, 5.41) is 2.82. The number of nitrogens with two attached hydrogens (primary N) is 1. The van der Waals surface area contributed by atoms with Crippen molar-refractivity contribution < 1.29 is 9.59 Å². The predicted octanol–water partition coefficient (Wildman–Crippen LogP) is -0.318. The normalized spacial score (nSPS) is 23.5. The summed E-state index contributed by atoms with van der Waals surface area (Å²) >= 11 is 0. The van der Waals surface area contributed by atoms with E-state index in [1.54, 1.807) is 4.90 Å². The molecule has 0 aliphatic carbocycles. The molecule has 21 heavy (non-hydrogen) atoms. The van der Waals surface area contributed by atoms with Gasteiger partial charge in [-0.1, -0.05) is 12.1 Å². The summed E-state index contributed by atoms with van der Waals surface area (Å²) in [4.78, 5) is 27.0. The molecule has 0 radical (unpaired) electrons. The first-order valence-electron chi connectivity index (χ1n) is 7.26. The van der Waals surface area contributed by atoms with E-state index in [1.807, 2.05) is 24.3 Å². The average Bonchev–Trinajstić information content (AvgIpc) is 2.79. The van der Waals surface area contributed by atoms with Crippen LogP contribution in [0.25, 0.3) is 0 Å². The van der Waals surface area contributed by atoms with Crippen LogP contribution in [-0.4, -0.2) is 48.9 Å². The minimum atomic E-state index is -0.0657. The lowest BCUT2D eigenvalue weighted by atomic mass is 10.1. The second kappa shape index (κ2) is 5.83. The van der Waals surface area contributed by atoms with E-state index in [0.717, 1.165) is 24.3 Å². The Hall–Kier alpha value is -1.92. The van der Waals surface area contributed by atoms with Gasteiger partial charge in [0.25, 0.3) is 0 Å². The molecule has 1 aromatic carbocycles. The first-order valence-corrected chi connectivity index (χ1v) is 7.26. The van der Waals surface area contributed by atoms with E-state index in [-0.39, 0.29) is 17.9 Å². The van der Waals surface area contributed by atoms with Crippen molar-refractivity contribution in [2.75, 3.05) is 31.1 Å². The van der Waals surface area contributed by atoms with Crippen LogP contribution >= 0.6 is 0 Å². The van der Waals surface area contributed by atoms with Crippen molar-refractivity contribution in [2.45, 2.75) is 19.0 Å². The zero-order valence-electron chi connectivity index (χ0n) is 11.9. The minimum absolute atomic E-state index is 0.0657. The zero-order valence-corrected chi connectivity index (χ0v) is 11.9. The molecule has 112 valence electrons. The number of hydrogen-bond acceptors (Lipinski definition) is 4. The smallest absolute Gasteiger partial charge is 0.234 e. The molecule has 0 spiro atoms. The standard InChI is InChI=1S/C15H20N4O2/c16-12-7-15(21)19(9-12)13-3-1-11(2-4-13)8-18-6-5-17-14(20)10-18/h1-4,12H,5-10,16H2,(H,17,20)/t12-/m1/s1.